The first-order chi connectivity index (χ1) is 14.9. The summed E-state index contributed by atoms with van der Waals surface area (Å²) in [5.74, 6) is -1.20. The van der Waals surface area contributed by atoms with Crippen LogP contribution in [0.2, 0.25) is 0 Å². The predicted molar refractivity (Wildman–Crippen MR) is 114 cm³/mol. The predicted octanol–water partition coefficient (Wildman–Crippen LogP) is 2.77. The van der Waals surface area contributed by atoms with Crippen LogP contribution in [0.25, 0.3) is 0 Å². The van der Waals surface area contributed by atoms with E-state index in [0.29, 0.717) is 24.4 Å². The Hall–Kier alpha value is -3.72. The van der Waals surface area contributed by atoms with Gasteiger partial charge in [0.2, 0.25) is 0 Å². The smallest absolute Gasteiger partial charge is 0.413 e. The molecule has 0 spiro atoms. The quantitative estimate of drug-likeness (QED) is 0.540. The number of hydrogen-bond acceptors (Lipinski definition) is 6. The van der Waals surface area contributed by atoms with Gasteiger partial charge in [-0.3, -0.25) is 24.2 Å². The number of methoxy groups -OCH3 is 2. The van der Waals surface area contributed by atoms with Crippen LogP contribution < -0.4 is 10.2 Å². The van der Waals surface area contributed by atoms with Crippen molar-refractivity contribution in [1.29, 1.82) is 0 Å². The van der Waals surface area contributed by atoms with Crippen LogP contribution in [0.5, 0.6) is 0 Å². The second kappa shape index (κ2) is 9.40. The number of benzene rings is 2. The normalized spacial score (nSPS) is 12.5. The molecule has 1 aliphatic heterocycles. The van der Waals surface area contributed by atoms with E-state index in [0.717, 1.165) is 0 Å². The van der Waals surface area contributed by atoms with Gasteiger partial charge in [0.15, 0.2) is 0 Å². The summed E-state index contributed by atoms with van der Waals surface area (Å²) < 4.78 is 9.63. The van der Waals surface area contributed by atoms with Crippen LogP contribution in [0.4, 0.5) is 16.2 Å². The van der Waals surface area contributed by atoms with Crippen molar-refractivity contribution in [3.63, 3.8) is 0 Å². The minimum absolute atomic E-state index is 0.213. The molecule has 9 nitrogen and oxygen atoms in total. The number of imide groups is 1. The molecule has 0 saturated carbocycles. The van der Waals surface area contributed by atoms with Crippen LogP contribution >= 0.6 is 0 Å². The van der Waals surface area contributed by atoms with Crippen LogP contribution in [-0.2, 0) is 9.47 Å². The third kappa shape index (κ3) is 4.56. The van der Waals surface area contributed by atoms with E-state index >= 15 is 0 Å². The summed E-state index contributed by atoms with van der Waals surface area (Å²) >= 11 is 0. The van der Waals surface area contributed by atoms with E-state index in [1.54, 1.807) is 38.4 Å². The molecule has 0 aliphatic carbocycles. The zero-order valence-corrected chi connectivity index (χ0v) is 17.5. The highest BCUT2D eigenvalue weighted by atomic mass is 16.5. The highest BCUT2D eigenvalue weighted by molar-refractivity contribution is 6.22. The molecule has 4 amide bonds. The molecule has 1 N–H and O–H groups in total. The van der Waals surface area contributed by atoms with Gasteiger partial charge in [0, 0.05) is 44.2 Å². The van der Waals surface area contributed by atoms with Crippen molar-refractivity contribution in [3.8, 4) is 0 Å². The third-order valence-corrected chi connectivity index (χ3v) is 4.92. The van der Waals surface area contributed by atoms with Gasteiger partial charge in [-0.15, -0.1) is 0 Å². The maximum atomic E-state index is 12.6. The molecular weight excluding hydrogens is 402 g/mol. The number of fused-ring (bicyclic) bond motifs is 1. The van der Waals surface area contributed by atoms with Gasteiger partial charge in [0.05, 0.1) is 18.2 Å². The van der Waals surface area contributed by atoms with Gasteiger partial charge in [-0.2, -0.15) is 0 Å². The Bertz CT molecular complexity index is 1020. The maximum Gasteiger partial charge on any atom is 0.413 e. The number of ether oxygens (including phenoxy) is 2. The highest BCUT2D eigenvalue weighted by Gasteiger charge is 2.35. The SMILES string of the molecule is COCCCN1C(=O)c2ccc(C(=O)Nc3ccc(N(C)C(=O)OC)cc3)cc2C1=O. The molecule has 0 bridgehead atoms. The van der Waals surface area contributed by atoms with Crippen molar-refractivity contribution in [2.45, 2.75) is 6.42 Å². The average Bonchev–Trinajstić information content (AvgIpc) is 3.03. The molecule has 0 aromatic heterocycles. The van der Waals surface area contributed by atoms with Crippen LogP contribution in [-0.4, -0.2) is 63.1 Å². The third-order valence-electron chi connectivity index (χ3n) is 4.92. The van der Waals surface area contributed by atoms with E-state index in [2.05, 4.69) is 10.1 Å². The lowest BCUT2D eigenvalue weighted by molar-refractivity contribution is 0.0638. The molecule has 2 aromatic rings. The lowest BCUT2D eigenvalue weighted by Crippen LogP contribution is -2.31. The van der Waals surface area contributed by atoms with E-state index in [9.17, 15) is 19.2 Å². The first-order valence-electron chi connectivity index (χ1n) is 9.59. The van der Waals surface area contributed by atoms with E-state index in [4.69, 9.17) is 4.74 Å². The van der Waals surface area contributed by atoms with Gasteiger partial charge in [0.25, 0.3) is 17.7 Å². The molecule has 0 fully saturated rings. The second-order valence-corrected chi connectivity index (χ2v) is 6.90. The zero-order chi connectivity index (χ0) is 22.5. The van der Waals surface area contributed by atoms with Gasteiger partial charge in [0.1, 0.15) is 0 Å². The van der Waals surface area contributed by atoms with Crippen molar-refractivity contribution < 1.29 is 28.7 Å². The second-order valence-electron chi connectivity index (χ2n) is 6.90. The summed E-state index contributed by atoms with van der Waals surface area (Å²) in [4.78, 5) is 51.8. The number of hydrogen-bond donors (Lipinski definition) is 1. The molecule has 1 heterocycles. The summed E-state index contributed by atoms with van der Waals surface area (Å²) in [7, 11) is 4.42. The Morgan fingerprint density at radius 2 is 1.68 bits per heavy atom. The zero-order valence-electron chi connectivity index (χ0n) is 17.5. The fourth-order valence-corrected chi connectivity index (χ4v) is 3.22. The summed E-state index contributed by atoms with van der Waals surface area (Å²) in [6.07, 6.45) is 0.0293. The minimum Gasteiger partial charge on any atom is -0.452 e. The molecule has 0 atom stereocenters. The monoisotopic (exact) mass is 425 g/mol. The van der Waals surface area contributed by atoms with Crippen molar-refractivity contribution in [3.05, 3.63) is 59.2 Å². The van der Waals surface area contributed by atoms with Crippen LogP contribution in [0.3, 0.4) is 0 Å². The fraction of sp³-hybridized carbons (Fsp3) is 0.273. The molecule has 31 heavy (non-hydrogen) atoms. The minimum atomic E-state index is -0.509. The number of amides is 4. The summed E-state index contributed by atoms with van der Waals surface area (Å²) in [5, 5.41) is 2.74. The van der Waals surface area contributed by atoms with Gasteiger partial charge in [-0.1, -0.05) is 0 Å². The summed E-state index contributed by atoms with van der Waals surface area (Å²) in [6, 6.07) is 11.1. The standard InChI is InChI=1S/C22H23N3O6/c1-24(22(29)31-3)16-8-6-15(7-9-16)23-19(26)14-5-10-17-18(13-14)21(28)25(20(17)27)11-4-12-30-2/h5-10,13H,4,11-12H2,1-3H3,(H,23,26). The molecular formula is C22H23N3O6. The van der Waals surface area contributed by atoms with Crippen molar-refractivity contribution in [2.24, 2.45) is 0 Å². The molecule has 2 aromatic carbocycles. The molecule has 9 heteroatoms. The van der Waals surface area contributed by atoms with E-state index in [1.165, 1.54) is 35.1 Å². The number of carbonyl (C=O) groups excluding carboxylic acids is 4. The molecule has 3 rings (SSSR count). The van der Waals surface area contributed by atoms with Crippen LogP contribution in [0.15, 0.2) is 42.5 Å². The molecule has 0 saturated heterocycles. The maximum absolute atomic E-state index is 12.6. The largest absolute Gasteiger partial charge is 0.452 e. The number of rotatable bonds is 7. The molecule has 0 radical (unpaired) electrons. The lowest BCUT2D eigenvalue weighted by Gasteiger charge is -2.16. The van der Waals surface area contributed by atoms with Gasteiger partial charge in [-0.05, 0) is 48.9 Å². The van der Waals surface area contributed by atoms with E-state index < -0.39 is 17.9 Å². The molecule has 1 aliphatic rings. The highest BCUT2D eigenvalue weighted by Crippen LogP contribution is 2.25. The van der Waals surface area contributed by atoms with Crippen molar-refractivity contribution in [2.75, 3.05) is 44.6 Å². The topological polar surface area (TPSA) is 105 Å². The summed E-state index contributed by atoms with van der Waals surface area (Å²) in [5.41, 5.74) is 1.87. The number of carbonyl (C=O) groups is 4. The van der Waals surface area contributed by atoms with E-state index in [1.807, 2.05) is 0 Å². The first kappa shape index (κ1) is 22.0. The number of nitrogens with zero attached hydrogens (tertiary/aromatic N) is 2. The van der Waals surface area contributed by atoms with Crippen molar-refractivity contribution in [1.82, 2.24) is 4.90 Å². The Balaban J connectivity index is 1.71. The Morgan fingerprint density at radius 3 is 2.32 bits per heavy atom. The van der Waals surface area contributed by atoms with Gasteiger partial charge >= 0.3 is 6.09 Å². The van der Waals surface area contributed by atoms with Gasteiger partial charge < -0.3 is 14.8 Å². The summed E-state index contributed by atoms with van der Waals surface area (Å²) in [6.45, 7) is 0.698. The first-order valence-corrected chi connectivity index (χ1v) is 9.59. The molecule has 162 valence electrons. The van der Waals surface area contributed by atoms with Gasteiger partial charge in [-0.25, -0.2) is 4.79 Å². The average molecular weight is 425 g/mol. The van der Waals surface area contributed by atoms with E-state index in [-0.39, 0.29) is 29.1 Å². The van der Waals surface area contributed by atoms with Crippen LogP contribution in [0, 0.1) is 0 Å². The van der Waals surface area contributed by atoms with Crippen LogP contribution in [0.1, 0.15) is 37.5 Å². The van der Waals surface area contributed by atoms with Crippen molar-refractivity contribution >= 4 is 35.2 Å². The number of anilines is 2. The Morgan fingerprint density at radius 1 is 1.00 bits per heavy atom. The fourth-order valence-electron chi connectivity index (χ4n) is 3.22. The molecule has 0 unspecified atom stereocenters. The number of nitrogens with one attached hydrogen (secondary N) is 1. The lowest BCUT2D eigenvalue weighted by atomic mass is 10.1. The Labute approximate surface area is 179 Å². The Kier molecular flexibility index (Phi) is 6.66.